The van der Waals surface area contributed by atoms with Crippen LogP contribution in [0.1, 0.15) is 18.4 Å². The summed E-state index contributed by atoms with van der Waals surface area (Å²) in [5.41, 5.74) is 1.81. The van der Waals surface area contributed by atoms with Crippen LogP contribution in [0.25, 0.3) is 11.3 Å². The Hall–Kier alpha value is -2.54. The quantitative estimate of drug-likeness (QED) is 0.526. The molecule has 1 aromatic carbocycles. The van der Waals surface area contributed by atoms with Gasteiger partial charge in [0.05, 0.1) is 33.1 Å². The van der Waals surface area contributed by atoms with Gasteiger partial charge in [0.15, 0.2) is 28.3 Å². The predicted octanol–water partition coefficient (Wildman–Crippen LogP) is 3.10. The van der Waals surface area contributed by atoms with Crippen LogP contribution >= 0.6 is 11.8 Å². The highest BCUT2D eigenvalue weighted by molar-refractivity contribution is 7.98. The molecule has 0 aliphatic carbocycles. The Balaban J connectivity index is 1.73. The first kappa shape index (κ1) is 20.7. The van der Waals surface area contributed by atoms with Gasteiger partial charge in [-0.15, -0.1) is 0 Å². The van der Waals surface area contributed by atoms with Crippen molar-refractivity contribution >= 4 is 17.6 Å². The van der Waals surface area contributed by atoms with Crippen LogP contribution in [-0.4, -0.2) is 62.5 Å². The van der Waals surface area contributed by atoms with Crippen LogP contribution in [0.3, 0.4) is 0 Å². The van der Waals surface area contributed by atoms with E-state index >= 15 is 0 Å². The summed E-state index contributed by atoms with van der Waals surface area (Å²) in [6, 6.07) is 7.86. The first-order valence-corrected chi connectivity index (χ1v) is 11.0. The monoisotopic (exact) mass is 428 g/mol. The van der Waals surface area contributed by atoms with Crippen molar-refractivity contribution in [3.63, 3.8) is 0 Å². The maximum atomic E-state index is 10.0. The minimum absolute atomic E-state index is 0.448. The molecule has 0 saturated carbocycles. The molecule has 158 valence electrons. The van der Waals surface area contributed by atoms with E-state index in [1.165, 1.54) is 11.8 Å². The van der Waals surface area contributed by atoms with Gasteiger partial charge in [0, 0.05) is 31.5 Å². The number of piperidine rings is 1. The van der Waals surface area contributed by atoms with E-state index in [-0.39, 0.29) is 0 Å². The molecule has 4 rings (SSSR count). The van der Waals surface area contributed by atoms with Crippen molar-refractivity contribution < 1.29 is 18.9 Å². The number of nitrogens with zero attached hydrogens (tertiary/aromatic N) is 4. The van der Waals surface area contributed by atoms with Crippen LogP contribution in [0.2, 0.25) is 0 Å². The van der Waals surface area contributed by atoms with Crippen LogP contribution < -0.4 is 14.4 Å². The maximum Gasteiger partial charge on any atom is 0.189 e. The summed E-state index contributed by atoms with van der Waals surface area (Å²) in [6.07, 6.45) is 3.40. The summed E-state index contributed by atoms with van der Waals surface area (Å²) in [4.78, 5) is 11.5. The summed E-state index contributed by atoms with van der Waals surface area (Å²) in [5.74, 6) is 1.37. The normalized spacial score (nSPS) is 17.7. The minimum atomic E-state index is -0.481. The lowest BCUT2D eigenvalue weighted by Crippen LogP contribution is -2.45. The zero-order valence-electron chi connectivity index (χ0n) is 17.3. The van der Waals surface area contributed by atoms with Gasteiger partial charge in [0.1, 0.15) is 11.6 Å². The van der Waals surface area contributed by atoms with Crippen molar-refractivity contribution in [2.75, 3.05) is 51.7 Å². The summed E-state index contributed by atoms with van der Waals surface area (Å²) < 4.78 is 22.4. The molecule has 9 heteroatoms. The summed E-state index contributed by atoms with van der Waals surface area (Å²) >= 11 is 1.45. The molecule has 2 saturated heterocycles. The summed E-state index contributed by atoms with van der Waals surface area (Å²) in [6.45, 7) is 2.67. The van der Waals surface area contributed by atoms with Gasteiger partial charge >= 0.3 is 0 Å². The number of nitriles is 1. The topological polar surface area (TPSA) is 89.7 Å². The minimum Gasteiger partial charge on any atom is -0.493 e. The number of hydrogen-bond donors (Lipinski definition) is 0. The van der Waals surface area contributed by atoms with E-state index in [0.717, 1.165) is 18.4 Å². The van der Waals surface area contributed by atoms with Crippen molar-refractivity contribution in [1.82, 2.24) is 9.97 Å². The Kier molecular flexibility index (Phi) is 5.99. The molecule has 2 fully saturated rings. The number of rotatable bonds is 5. The Bertz CT molecular complexity index is 962. The third-order valence-corrected chi connectivity index (χ3v) is 6.01. The Labute approximate surface area is 180 Å². The summed E-state index contributed by atoms with van der Waals surface area (Å²) in [7, 11) is 3.18. The molecule has 8 nitrogen and oxygen atoms in total. The van der Waals surface area contributed by atoms with Crippen LogP contribution in [0.5, 0.6) is 11.5 Å². The second-order valence-electron chi connectivity index (χ2n) is 7.03. The van der Waals surface area contributed by atoms with Crippen molar-refractivity contribution in [2.45, 2.75) is 23.8 Å². The van der Waals surface area contributed by atoms with E-state index in [0.29, 0.717) is 60.0 Å². The van der Waals surface area contributed by atoms with Crippen molar-refractivity contribution in [2.24, 2.45) is 0 Å². The molecule has 2 aromatic rings. The number of anilines is 1. The average molecular weight is 429 g/mol. The van der Waals surface area contributed by atoms with Crippen molar-refractivity contribution in [3.8, 4) is 28.8 Å². The molecule has 30 heavy (non-hydrogen) atoms. The van der Waals surface area contributed by atoms with Gasteiger partial charge in [-0.2, -0.15) is 5.26 Å². The SMILES string of the molecule is COc1ccc(-c2nc(SC)nc(N3CCC4(CC3)OCCO4)c2C#N)cc1OC. The molecule has 1 aromatic heterocycles. The molecule has 2 aliphatic heterocycles. The number of benzene rings is 1. The number of ether oxygens (including phenoxy) is 4. The van der Waals surface area contributed by atoms with Crippen LogP contribution in [0.4, 0.5) is 5.82 Å². The Morgan fingerprint density at radius 1 is 1.10 bits per heavy atom. The fourth-order valence-electron chi connectivity index (χ4n) is 3.89. The highest BCUT2D eigenvalue weighted by atomic mass is 32.2. The van der Waals surface area contributed by atoms with Gasteiger partial charge in [0.2, 0.25) is 0 Å². The highest BCUT2D eigenvalue weighted by Crippen LogP contribution is 2.38. The van der Waals surface area contributed by atoms with E-state index in [4.69, 9.17) is 18.9 Å². The average Bonchev–Trinajstić information content (AvgIpc) is 3.25. The number of hydrogen-bond acceptors (Lipinski definition) is 9. The fraction of sp³-hybridized carbons (Fsp3) is 0.476. The first-order valence-electron chi connectivity index (χ1n) is 9.74. The van der Waals surface area contributed by atoms with Crippen LogP contribution in [0, 0.1) is 11.3 Å². The molecule has 2 aliphatic rings. The van der Waals surface area contributed by atoms with E-state index in [1.807, 2.05) is 24.5 Å². The van der Waals surface area contributed by atoms with E-state index < -0.39 is 5.79 Å². The molecule has 0 amide bonds. The number of thioether (sulfide) groups is 1. The van der Waals surface area contributed by atoms with Gasteiger partial charge in [-0.05, 0) is 24.5 Å². The van der Waals surface area contributed by atoms with Crippen molar-refractivity contribution in [3.05, 3.63) is 23.8 Å². The zero-order valence-corrected chi connectivity index (χ0v) is 18.1. The molecule has 0 N–H and O–H groups in total. The number of aromatic nitrogens is 2. The van der Waals surface area contributed by atoms with E-state index in [2.05, 4.69) is 20.9 Å². The second kappa shape index (κ2) is 8.68. The first-order chi connectivity index (χ1) is 14.6. The third-order valence-electron chi connectivity index (χ3n) is 5.46. The Morgan fingerprint density at radius 2 is 1.80 bits per heavy atom. The molecule has 0 radical (unpaired) electrons. The van der Waals surface area contributed by atoms with Crippen LogP contribution in [-0.2, 0) is 9.47 Å². The van der Waals surface area contributed by atoms with Crippen LogP contribution in [0.15, 0.2) is 23.4 Å². The van der Waals surface area contributed by atoms with Gasteiger partial charge < -0.3 is 23.8 Å². The molecular weight excluding hydrogens is 404 g/mol. The smallest absolute Gasteiger partial charge is 0.189 e. The lowest BCUT2D eigenvalue weighted by atomic mass is 10.0. The van der Waals surface area contributed by atoms with Gasteiger partial charge in [-0.3, -0.25) is 0 Å². The van der Waals surface area contributed by atoms with Gasteiger partial charge in [-0.25, -0.2) is 9.97 Å². The standard InChI is InChI=1S/C21H24N4O4S/c1-26-16-5-4-14(12-17(16)27-2)18-15(13-22)19(24-20(23-18)30-3)25-8-6-21(7-9-25)28-10-11-29-21/h4-5,12H,6-11H2,1-3H3. The molecular formula is C21H24N4O4S. The lowest BCUT2D eigenvalue weighted by Gasteiger charge is -2.38. The largest absolute Gasteiger partial charge is 0.493 e. The van der Waals surface area contributed by atoms with Gasteiger partial charge in [0.25, 0.3) is 0 Å². The lowest BCUT2D eigenvalue weighted by molar-refractivity contribution is -0.169. The van der Waals surface area contributed by atoms with E-state index in [1.54, 1.807) is 14.2 Å². The fourth-order valence-corrected chi connectivity index (χ4v) is 4.25. The zero-order chi connectivity index (χ0) is 21.1. The molecule has 0 unspecified atom stereocenters. The molecule has 3 heterocycles. The predicted molar refractivity (Wildman–Crippen MR) is 113 cm³/mol. The van der Waals surface area contributed by atoms with Gasteiger partial charge in [-0.1, -0.05) is 11.8 Å². The number of methoxy groups -OCH3 is 2. The summed E-state index contributed by atoms with van der Waals surface area (Å²) in [5, 5.41) is 10.6. The third kappa shape index (κ3) is 3.78. The Morgan fingerprint density at radius 3 is 2.40 bits per heavy atom. The van der Waals surface area contributed by atoms with E-state index in [9.17, 15) is 5.26 Å². The molecule has 1 spiro atoms. The highest BCUT2D eigenvalue weighted by Gasteiger charge is 2.40. The second-order valence-corrected chi connectivity index (χ2v) is 7.81. The maximum absolute atomic E-state index is 10.0. The van der Waals surface area contributed by atoms with Crippen molar-refractivity contribution in [1.29, 1.82) is 5.26 Å². The molecule has 0 atom stereocenters. The molecule has 0 bridgehead atoms.